The van der Waals surface area contributed by atoms with Gasteiger partial charge in [-0.25, -0.2) is 0 Å². The SMILES string of the molecule is CC1(C)C(=O)CC2=C1[C@H](O)C[C@]13C[C@](C)(CC[C@H]1C2=O)[C@H]1O[C@H]13. The molecule has 4 heteroatoms. The van der Waals surface area contributed by atoms with Crippen LogP contribution < -0.4 is 0 Å². The molecule has 0 aromatic carbocycles. The van der Waals surface area contributed by atoms with Crippen molar-refractivity contribution in [3.8, 4) is 0 Å². The van der Waals surface area contributed by atoms with E-state index in [0.29, 0.717) is 17.6 Å². The van der Waals surface area contributed by atoms with Gasteiger partial charge < -0.3 is 9.84 Å². The van der Waals surface area contributed by atoms with Crippen molar-refractivity contribution in [2.75, 3.05) is 0 Å². The maximum atomic E-state index is 13.3. The van der Waals surface area contributed by atoms with Gasteiger partial charge in [0.15, 0.2) is 5.78 Å². The van der Waals surface area contributed by atoms with Crippen LogP contribution in [0.2, 0.25) is 0 Å². The first-order valence-corrected chi connectivity index (χ1v) is 8.85. The van der Waals surface area contributed by atoms with Gasteiger partial charge in [0.25, 0.3) is 0 Å². The van der Waals surface area contributed by atoms with Crippen LogP contribution in [0.15, 0.2) is 11.1 Å². The van der Waals surface area contributed by atoms with Gasteiger partial charge in [-0.05, 0) is 50.5 Å². The zero-order valence-corrected chi connectivity index (χ0v) is 14.0. The maximum Gasteiger partial charge on any atom is 0.163 e. The predicted molar refractivity (Wildman–Crippen MR) is 82.6 cm³/mol. The molecule has 1 N–H and O–H groups in total. The van der Waals surface area contributed by atoms with Gasteiger partial charge in [-0.1, -0.05) is 6.92 Å². The number of aliphatic hydroxyl groups is 1. The van der Waals surface area contributed by atoms with Gasteiger partial charge in [-0.3, -0.25) is 9.59 Å². The second-order valence-electron chi connectivity index (χ2n) is 9.33. The first kappa shape index (κ1) is 14.4. The second kappa shape index (κ2) is 3.80. The smallest absolute Gasteiger partial charge is 0.163 e. The van der Waals surface area contributed by atoms with E-state index in [1.165, 1.54) is 0 Å². The molecule has 0 amide bonds. The van der Waals surface area contributed by atoms with E-state index in [0.717, 1.165) is 19.3 Å². The van der Waals surface area contributed by atoms with E-state index < -0.39 is 11.5 Å². The van der Waals surface area contributed by atoms with Gasteiger partial charge in [0, 0.05) is 28.7 Å². The van der Waals surface area contributed by atoms with Crippen molar-refractivity contribution in [1.29, 1.82) is 0 Å². The fourth-order valence-electron chi connectivity index (χ4n) is 6.58. The number of fused-ring (bicyclic) bond motifs is 3. The van der Waals surface area contributed by atoms with Crippen molar-refractivity contribution >= 4 is 11.6 Å². The van der Waals surface area contributed by atoms with Gasteiger partial charge in [0.05, 0.1) is 18.3 Å². The van der Waals surface area contributed by atoms with E-state index in [1.807, 2.05) is 13.8 Å². The van der Waals surface area contributed by atoms with Crippen LogP contribution in [-0.2, 0) is 14.3 Å². The molecule has 124 valence electrons. The molecule has 0 aromatic rings. The number of epoxide rings is 1. The lowest BCUT2D eigenvalue weighted by atomic mass is 9.59. The molecule has 1 saturated heterocycles. The van der Waals surface area contributed by atoms with Crippen molar-refractivity contribution in [2.24, 2.45) is 22.2 Å². The highest BCUT2D eigenvalue weighted by Gasteiger charge is 2.75. The Morgan fingerprint density at radius 2 is 1.91 bits per heavy atom. The molecule has 2 bridgehead atoms. The van der Waals surface area contributed by atoms with Gasteiger partial charge in [0.2, 0.25) is 0 Å². The topological polar surface area (TPSA) is 66.9 Å². The molecule has 1 heterocycles. The minimum Gasteiger partial charge on any atom is -0.389 e. The molecule has 23 heavy (non-hydrogen) atoms. The molecule has 5 aliphatic rings. The van der Waals surface area contributed by atoms with Crippen molar-refractivity contribution in [2.45, 2.75) is 71.2 Å². The standard InChI is InChI=1S/C19H24O4/c1-17(2)12(21)6-9-13(17)11(20)7-19-8-18(3,15-16(19)23-15)5-4-10(19)14(9)22/h10-11,15-16,20H,4-8H2,1-3H3/t10-,11+,15-,16+,18-,19-/m0/s1. The fourth-order valence-corrected chi connectivity index (χ4v) is 6.58. The Hall–Kier alpha value is -1.00. The molecule has 1 aliphatic heterocycles. The van der Waals surface area contributed by atoms with Crippen LogP contribution >= 0.6 is 0 Å². The zero-order chi connectivity index (χ0) is 16.4. The van der Waals surface area contributed by atoms with Crippen LogP contribution in [-0.4, -0.2) is 35.0 Å². The van der Waals surface area contributed by atoms with Gasteiger partial charge >= 0.3 is 0 Å². The van der Waals surface area contributed by atoms with Crippen LogP contribution in [0.25, 0.3) is 0 Å². The zero-order valence-electron chi connectivity index (χ0n) is 14.0. The van der Waals surface area contributed by atoms with Crippen molar-refractivity contribution in [3.63, 3.8) is 0 Å². The summed E-state index contributed by atoms with van der Waals surface area (Å²) in [4.78, 5) is 25.7. The maximum absolute atomic E-state index is 13.3. The highest BCUT2D eigenvalue weighted by molar-refractivity contribution is 6.09. The molecule has 6 atom stereocenters. The normalized spacial score (nSPS) is 52.9. The number of ketones is 2. The Kier molecular flexibility index (Phi) is 2.37. The van der Waals surface area contributed by atoms with E-state index >= 15 is 0 Å². The molecular weight excluding hydrogens is 292 g/mol. The van der Waals surface area contributed by atoms with Gasteiger partial charge in [-0.15, -0.1) is 0 Å². The third-order valence-corrected chi connectivity index (χ3v) is 7.73. The first-order valence-electron chi connectivity index (χ1n) is 8.85. The summed E-state index contributed by atoms with van der Waals surface area (Å²) in [6.45, 7) is 5.99. The summed E-state index contributed by atoms with van der Waals surface area (Å²) in [6, 6.07) is 0. The Morgan fingerprint density at radius 1 is 1.17 bits per heavy atom. The summed E-state index contributed by atoms with van der Waals surface area (Å²) < 4.78 is 5.98. The first-order chi connectivity index (χ1) is 10.7. The molecule has 0 aromatic heterocycles. The van der Waals surface area contributed by atoms with Crippen LogP contribution in [0.4, 0.5) is 0 Å². The monoisotopic (exact) mass is 316 g/mol. The number of hydrogen-bond acceptors (Lipinski definition) is 4. The number of carbonyl (C=O) groups excluding carboxylic acids is 2. The van der Waals surface area contributed by atoms with Crippen LogP contribution in [0, 0.1) is 22.2 Å². The summed E-state index contributed by atoms with van der Waals surface area (Å²) in [5, 5.41) is 11.0. The molecule has 2 saturated carbocycles. The van der Waals surface area contributed by atoms with E-state index in [4.69, 9.17) is 4.74 Å². The largest absolute Gasteiger partial charge is 0.389 e. The lowest BCUT2D eigenvalue weighted by Gasteiger charge is -2.45. The lowest BCUT2D eigenvalue weighted by Crippen LogP contribution is -2.45. The number of Topliss-reactive ketones (excluding diaryl/α,β-unsaturated/α-hetero) is 2. The Labute approximate surface area is 136 Å². The predicted octanol–water partition coefficient (Wildman–Crippen LogP) is 2.19. The Morgan fingerprint density at radius 3 is 2.65 bits per heavy atom. The molecule has 0 unspecified atom stereocenters. The van der Waals surface area contributed by atoms with Crippen molar-refractivity contribution < 1.29 is 19.4 Å². The molecule has 5 rings (SSSR count). The summed E-state index contributed by atoms with van der Waals surface area (Å²) in [7, 11) is 0. The minimum atomic E-state index is -0.708. The number of aliphatic hydroxyl groups excluding tert-OH is 1. The number of allylic oxidation sites excluding steroid dienone is 1. The van der Waals surface area contributed by atoms with E-state index in [2.05, 4.69) is 6.92 Å². The van der Waals surface area contributed by atoms with Crippen LogP contribution in [0.5, 0.6) is 0 Å². The summed E-state index contributed by atoms with van der Waals surface area (Å²) in [6.07, 6.45) is 3.38. The van der Waals surface area contributed by atoms with Gasteiger partial charge in [0.1, 0.15) is 5.78 Å². The summed E-state index contributed by atoms with van der Waals surface area (Å²) in [5.41, 5.74) is 0.586. The lowest BCUT2D eigenvalue weighted by molar-refractivity contribution is -0.132. The van der Waals surface area contributed by atoms with E-state index in [-0.39, 0.29) is 46.9 Å². The van der Waals surface area contributed by atoms with Gasteiger partial charge in [-0.2, -0.15) is 0 Å². The molecule has 4 nitrogen and oxygen atoms in total. The number of hydrogen-bond donors (Lipinski definition) is 1. The highest BCUT2D eigenvalue weighted by Crippen LogP contribution is 2.72. The van der Waals surface area contributed by atoms with E-state index in [1.54, 1.807) is 0 Å². The minimum absolute atomic E-state index is 0.0680. The molecule has 4 aliphatic carbocycles. The average molecular weight is 316 g/mol. The number of ether oxygens (including phenoxy) is 1. The van der Waals surface area contributed by atoms with Crippen molar-refractivity contribution in [3.05, 3.63) is 11.1 Å². The van der Waals surface area contributed by atoms with Crippen LogP contribution in [0.1, 0.15) is 52.9 Å². The summed E-state index contributed by atoms with van der Waals surface area (Å²) in [5.74, 6) is 0.129. The highest BCUT2D eigenvalue weighted by atomic mass is 16.6. The van der Waals surface area contributed by atoms with E-state index in [9.17, 15) is 14.7 Å². The molecule has 0 radical (unpaired) electrons. The molecule has 1 spiro atoms. The number of rotatable bonds is 0. The Balaban J connectivity index is 1.65. The average Bonchev–Trinajstić information content (AvgIpc) is 3.19. The quantitative estimate of drug-likeness (QED) is 0.696. The molecular formula is C19H24O4. The van der Waals surface area contributed by atoms with Crippen LogP contribution in [0.3, 0.4) is 0 Å². The Bertz CT molecular complexity index is 689. The third kappa shape index (κ3) is 1.46. The number of carbonyl (C=O) groups is 2. The fraction of sp³-hybridized carbons (Fsp3) is 0.789. The summed E-state index contributed by atoms with van der Waals surface area (Å²) >= 11 is 0. The second-order valence-corrected chi connectivity index (χ2v) is 9.33. The third-order valence-electron chi connectivity index (χ3n) is 7.73. The molecule has 3 fully saturated rings. The van der Waals surface area contributed by atoms with Crippen molar-refractivity contribution in [1.82, 2.24) is 0 Å².